The standard InChI is InChI=1S/C10H27N5O/c1-14-9-16-10(3-2-4-11)15(7-5-12)8-6-13/h10,14H,2-9,11-13H2,1H3. The zero-order chi connectivity index (χ0) is 12.2. The van der Waals surface area contributed by atoms with Crippen LogP contribution >= 0.6 is 0 Å². The number of rotatable bonds is 11. The largest absolute Gasteiger partial charge is 0.348 e. The average molecular weight is 233 g/mol. The van der Waals surface area contributed by atoms with E-state index in [-0.39, 0.29) is 6.23 Å². The van der Waals surface area contributed by atoms with Crippen LogP contribution in [0.25, 0.3) is 0 Å². The van der Waals surface area contributed by atoms with Gasteiger partial charge in [0.15, 0.2) is 0 Å². The summed E-state index contributed by atoms with van der Waals surface area (Å²) in [7, 11) is 1.86. The number of nitrogens with zero attached hydrogens (tertiary/aromatic N) is 1. The van der Waals surface area contributed by atoms with Crippen molar-refractivity contribution in [2.75, 3.05) is 46.5 Å². The molecule has 0 saturated heterocycles. The van der Waals surface area contributed by atoms with Gasteiger partial charge >= 0.3 is 0 Å². The highest BCUT2D eigenvalue weighted by Gasteiger charge is 2.16. The first-order chi connectivity index (χ1) is 7.79. The maximum atomic E-state index is 5.71. The fraction of sp³-hybridized carbons (Fsp3) is 1.00. The van der Waals surface area contributed by atoms with Gasteiger partial charge < -0.3 is 21.9 Å². The maximum absolute atomic E-state index is 5.71. The number of hydrogen-bond acceptors (Lipinski definition) is 6. The van der Waals surface area contributed by atoms with Gasteiger partial charge in [-0.05, 0) is 26.4 Å². The fourth-order valence-corrected chi connectivity index (χ4v) is 1.57. The molecule has 0 aromatic heterocycles. The topological polar surface area (TPSA) is 103 Å². The molecule has 0 aromatic rings. The highest BCUT2D eigenvalue weighted by atomic mass is 16.5. The van der Waals surface area contributed by atoms with Crippen LogP contribution in [0.2, 0.25) is 0 Å². The van der Waals surface area contributed by atoms with Gasteiger partial charge in [-0.25, -0.2) is 0 Å². The van der Waals surface area contributed by atoms with Gasteiger partial charge in [0, 0.05) is 26.2 Å². The summed E-state index contributed by atoms with van der Waals surface area (Å²) in [6, 6.07) is 0. The van der Waals surface area contributed by atoms with Gasteiger partial charge in [0.1, 0.15) is 6.23 Å². The molecule has 16 heavy (non-hydrogen) atoms. The second-order valence-electron chi connectivity index (χ2n) is 3.66. The molecule has 0 rings (SSSR count). The van der Waals surface area contributed by atoms with Gasteiger partial charge in [-0.1, -0.05) is 0 Å². The molecule has 0 fully saturated rings. The molecular formula is C10H27N5O. The van der Waals surface area contributed by atoms with E-state index in [0.29, 0.717) is 26.4 Å². The molecule has 0 saturated carbocycles. The number of nitrogens with two attached hydrogens (primary N) is 3. The third-order valence-corrected chi connectivity index (χ3v) is 2.32. The third kappa shape index (κ3) is 7.10. The third-order valence-electron chi connectivity index (χ3n) is 2.32. The van der Waals surface area contributed by atoms with Crippen LogP contribution in [0.1, 0.15) is 12.8 Å². The maximum Gasteiger partial charge on any atom is 0.112 e. The van der Waals surface area contributed by atoms with E-state index < -0.39 is 0 Å². The van der Waals surface area contributed by atoms with Crippen LogP contribution < -0.4 is 22.5 Å². The molecule has 0 aliphatic heterocycles. The zero-order valence-corrected chi connectivity index (χ0v) is 10.3. The summed E-state index contributed by atoms with van der Waals surface area (Å²) in [6.45, 7) is 4.04. The van der Waals surface area contributed by atoms with Crippen molar-refractivity contribution in [1.29, 1.82) is 0 Å². The minimum atomic E-state index is 0.0584. The molecule has 0 aliphatic carbocycles. The number of ether oxygens (including phenoxy) is 1. The van der Waals surface area contributed by atoms with E-state index in [1.54, 1.807) is 0 Å². The minimum absolute atomic E-state index is 0.0584. The second-order valence-corrected chi connectivity index (χ2v) is 3.66. The Morgan fingerprint density at radius 1 is 1.12 bits per heavy atom. The summed E-state index contributed by atoms with van der Waals surface area (Å²) < 4.78 is 5.71. The summed E-state index contributed by atoms with van der Waals surface area (Å²) in [4.78, 5) is 2.17. The van der Waals surface area contributed by atoms with Crippen molar-refractivity contribution in [2.24, 2.45) is 17.2 Å². The summed E-state index contributed by atoms with van der Waals surface area (Å²) in [5.41, 5.74) is 16.7. The monoisotopic (exact) mass is 233 g/mol. The second kappa shape index (κ2) is 11.3. The lowest BCUT2D eigenvalue weighted by Crippen LogP contribution is -2.44. The molecule has 1 atom stereocenters. The predicted octanol–water partition coefficient (Wildman–Crippen LogP) is -1.54. The van der Waals surface area contributed by atoms with Crippen LogP contribution in [0.3, 0.4) is 0 Å². The van der Waals surface area contributed by atoms with E-state index in [9.17, 15) is 0 Å². The highest BCUT2D eigenvalue weighted by molar-refractivity contribution is 4.65. The van der Waals surface area contributed by atoms with E-state index >= 15 is 0 Å². The molecule has 6 nitrogen and oxygen atoms in total. The molecule has 0 aromatic carbocycles. The first-order valence-electron chi connectivity index (χ1n) is 5.90. The van der Waals surface area contributed by atoms with E-state index in [0.717, 1.165) is 25.9 Å². The molecule has 0 heterocycles. The molecular weight excluding hydrogens is 206 g/mol. The van der Waals surface area contributed by atoms with Crippen molar-refractivity contribution in [3.05, 3.63) is 0 Å². The molecule has 1 unspecified atom stereocenters. The lowest BCUT2D eigenvalue weighted by molar-refractivity contribution is -0.0673. The van der Waals surface area contributed by atoms with Crippen LogP contribution in [-0.4, -0.2) is 57.6 Å². The van der Waals surface area contributed by atoms with Crippen LogP contribution in [0.5, 0.6) is 0 Å². The van der Waals surface area contributed by atoms with Crippen LogP contribution in [0.4, 0.5) is 0 Å². The molecule has 6 heteroatoms. The Kier molecular flexibility index (Phi) is 11.1. The predicted molar refractivity (Wildman–Crippen MR) is 66.8 cm³/mol. The van der Waals surface area contributed by atoms with E-state index in [1.807, 2.05) is 7.05 Å². The first-order valence-corrected chi connectivity index (χ1v) is 5.90. The van der Waals surface area contributed by atoms with Crippen LogP contribution in [0.15, 0.2) is 0 Å². The van der Waals surface area contributed by atoms with Crippen molar-refractivity contribution < 1.29 is 4.74 Å². The average Bonchev–Trinajstić information content (AvgIpc) is 2.29. The normalized spacial score (nSPS) is 13.3. The van der Waals surface area contributed by atoms with E-state index in [4.69, 9.17) is 21.9 Å². The van der Waals surface area contributed by atoms with Gasteiger partial charge in [0.05, 0.1) is 6.73 Å². The minimum Gasteiger partial charge on any atom is -0.348 e. The van der Waals surface area contributed by atoms with E-state index in [2.05, 4.69) is 10.2 Å². The smallest absolute Gasteiger partial charge is 0.112 e. The summed E-state index contributed by atoms with van der Waals surface area (Å²) >= 11 is 0. The van der Waals surface area contributed by atoms with Gasteiger partial charge in [-0.3, -0.25) is 10.2 Å². The first kappa shape index (κ1) is 15.8. The molecule has 0 spiro atoms. The fourth-order valence-electron chi connectivity index (χ4n) is 1.57. The number of hydrogen-bond donors (Lipinski definition) is 4. The summed E-state index contributed by atoms with van der Waals surface area (Å²) in [5.74, 6) is 0. The number of nitrogens with one attached hydrogen (secondary N) is 1. The van der Waals surface area contributed by atoms with Crippen molar-refractivity contribution in [2.45, 2.75) is 19.1 Å². The SMILES string of the molecule is CNCOC(CCCN)N(CCN)CCN. The quantitative estimate of drug-likeness (QED) is 0.323. The zero-order valence-electron chi connectivity index (χ0n) is 10.3. The Balaban J connectivity index is 4.15. The molecule has 7 N–H and O–H groups in total. The molecule has 0 aliphatic rings. The Labute approximate surface area is 98.5 Å². The van der Waals surface area contributed by atoms with Gasteiger partial charge in [0.25, 0.3) is 0 Å². The molecule has 0 amide bonds. The summed E-state index contributed by atoms with van der Waals surface area (Å²) in [6.07, 6.45) is 1.92. The van der Waals surface area contributed by atoms with Gasteiger partial charge in [0.2, 0.25) is 0 Å². The lowest BCUT2D eigenvalue weighted by atomic mass is 10.2. The van der Waals surface area contributed by atoms with Crippen molar-refractivity contribution in [3.63, 3.8) is 0 Å². The Morgan fingerprint density at radius 3 is 2.19 bits per heavy atom. The van der Waals surface area contributed by atoms with Crippen molar-refractivity contribution in [3.8, 4) is 0 Å². The van der Waals surface area contributed by atoms with Gasteiger partial charge in [-0.2, -0.15) is 0 Å². The molecule has 98 valence electrons. The Hall–Kier alpha value is -0.240. The summed E-state index contributed by atoms with van der Waals surface area (Å²) in [5, 5.41) is 2.97. The van der Waals surface area contributed by atoms with E-state index in [1.165, 1.54) is 0 Å². The van der Waals surface area contributed by atoms with Crippen molar-refractivity contribution >= 4 is 0 Å². The lowest BCUT2D eigenvalue weighted by Gasteiger charge is -2.30. The Bertz CT molecular complexity index is 133. The van der Waals surface area contributed by atoms with Gasteiger partial charge in [-0.15, -0.1) is 0 Å². The van der Waals surface area contributed by atoms with Crippen LogP contribution in [0, 0.1) is 0 Å². The van der Waals surface area contributed by atoms with Crippen LogP contribution in [-0.2, 0) is 4.74 Å². The van der Waals surface area contributed by atoms with Crippen molar-refractivity contribution in [1.82, 2.24) is 10.2 Å². The molecule has 0 radical (unpaired) electrons. The highest BCUT2D eigenvalue weighted by Crippen LogP contribution is 2.07. The Morgan fingerprint density at radius 2 is 1.75 bits per heavy atom. The molecule has 0 bridgehead atoms.